The maximum Gasteiger partial charge on any atom is 0.221 e. The number of hydrogen-bond acceptors (Lipinski definition) is 30. The average molecular weight is 1180 g/mol. The van der Waals surface area contributed by atoms with E-state index < -0.39 is 239 Å². The smallest absolute Gasteiger partial charge is 0.221 e. The average Bonchev–Trinajstić information content (AvgIpc) is 3.53. The van der Waals surface area contributed by atoms with Gasteiger partial charge in [-0.1, -0.05) is 6.92 Å². The quantitative estimate of drug-likeness (QED) is 0.0220. The van der Waals surface area contributed by atoms with Crippen LogP contribution in [0.2, 0.25) is 0 Å². The van der Waals surface area contributed by atoms with Crippen molar-refractivity contribution in [3.8, 4) is 0 Å². The lowest BCUT2D eigenvalue weighted by Crippen LogP contribution is -2.66. The van der Waals surface area contributed by atoms with Crippen LogP contribution in [0.4, 0.5) is 0 Å². The van der Waals surface area contributed by atoms with Crippen molar-refractivity contribution in [2.24, 2.45) is 0 Å². The molecule has 0 bridgehead atoms. The van der Waals surface area contributed by atoms with Crippen molar-refractivity contribution >= 4 is 29.5 Å². The minimum atomic E-state index is -2.69. The van der Waals surface area contributed by atoms with Gasteiger partial charge in [-0.15, -0.1) is 0 Å². The van der Waals surface area contributed by atoms with E-state index in [-0.39, 0.29) is 6.42 Å². The third-order valence-corrected chi connectivity index (χ3v) is 11.7. The van der Waals surface area contributed by atoms with E-state index in [0.29, 0.717) is 0 Å². The van der Waals surface area contributed by atoms with Gasteiger partial charge in [0.05, 0.1) is 13.2 Å². The minimum absolute atomic E-state index is 0.130. The molecule has 18 unspecified atom stereocenters. The molecule has 0 spiro atoms. The van der Waals surface area contributed by atoms with Crippen LogP contribution in [-0.4, -0.2) is 265 Å². The molecule has 35 nitrogen and oxygen atoms in total. The molecule has 2 fully saturated rings. The second kappa shape index (κ2) is 34.2. The first-order chi connectivity index (χ1) is 37.9. The summed E-state index contributed by atoms with van der Waals surface area (Å²) in [6.07, 6.45) is -36.0. The van der Waals surface area contributed by atoms with Gasteiger partial charge in [0.25, 0.3) is 0 Å². The Morgan fingerprint density at radius 2 is 0.938 bits per heavy atom. The Labute approximate surface area is 461 Å². The van der Waals surface area contributed by atoms with Crippen molar-refractivity contribution in [3.63, 3.8) is 0 Å². The van der Waals surface area contributed by atoms with Crippen molar-refractivity contribution in [2.75, 3.05) is 33.0 Å². The van der Waals surface area contributed by atoms with Gasteiger partial charge in [0.15, 0.2) is 36.7 Å². The Balaban J connectivity index is 2.69. The monoisotopic (exact) mass is 1180 g/mol. The van der Waals surface area contributed by atoms with Crippen LogP contribution in [0.3, 0.4) is 0 Å². The Morgan fingerprint density at radius 3 is 1.41 bits per heavy atom. The van der Waals surface area contributed by atoms with Crippen LogP contribution in [0.5, 0.6) is 0 Å². The summed E-state index contributed by atoms with van der Waals surface area (Å²) in [6.45, 7) is 1.36. The molecule has 2 aliphatic rings. The Hall–Kier alpha value is -5.49. The summed E-state index contributed by atoms with van der Waals surface area (Å²) in [5.41, 5.74) is -3.01. The molecule has 2 rings (SSSR count). The molecule has 0 aromatic carbocycles. The number of aliphatic hydroxyl groups excluding tert-OH is 18. The number of aliphatic hydroxyl groups is 18. The molecule has 18 atom stereocenters. The SMILES string of the molecule is CCC(O)/C(O)=C(/O)C(O)OCC1OC(O)C(NC(C)=O)C(O)C1OC(O)/C(NC(C)=O)=C(/O)C(CCO)OC(O)/C(NC(C)=O)=C(\O)C(CCO)OC1OC(CO)C(OC(O)/C(NC(C)=O)=C(/O)C(O)CCO)C(O)C1NC(C)=O. The molecule has 35 heteroatoms. The van der Waals surface area contributed by atoms with Gasteiger partial charge in [-0.2, -0.15) is 0 Å². The van der Waals surface area contributed by atoms with Gasteiger partial charge in [-0.3, -0.25) is 24.0 Å². The second-order valence-electron chi connectivity index (χ2n) is 18.1. The maximum absolute atomic E-state index is 12.6. The highest BCUT2D eigenvalue weighted by Crippen LogP contribution is 2.31. The van der Waals surface area contributed by atoms with E-state index in [1.54, 1.807) is 0 Å². The summed E-state index contributed by atoms with van der Waals surface area (Å²) in [7, 11) is 0. The zero-order valence-corrected chi connectivity index (χ0v) is 44.7. The fourth-order valence-electron chi connectivity index (χ4n) is 7.83. The molecular formula is C46H77N5O30. The van der Waals surface area contributed by atoms with Gasteiger partial charge >= 0.3 is 0 Å². The number of hydrogen-bond donors (Lipinski definition) is 23. The highest BCUT2D eigenvalue weighted by molar-refractivity contribution is 5.76. The molecule has 0 saturated carbocycles. The lowest BCUT2D eigenvalue weighted by molar-refractivity contribution is -0.303. The largest absolute Gasteiger partial charge is 0.508 e. The lowest BCUT2D eigenvalue weighted by atomic mass is 9.96. The van der Waals surface area contributed by atoms with Crippen LogP contribution in [-0.2, 0) is 57.1 Å². The van der Waals surface area contributed by atoms with E-state index in [2.05, 4.69) is 16.0 Å². The van der Waals surface area contributed by atoms with Gasteiger partial charge < -0.3 is 152 Å². The first-order valence-electron chi connectivity index (χ1n) is 24.8. The molecule has 81 heavy (non-hydrogen) atoms. The first kappa shape index (κ1) is 71.6. The molecule has 23 N–H and O–H groups in total. The Bertz CT molecular complexity index is 2200. The van der Waals surface area contributed by atoms with Crippen LogP contribution >= 0.6 is 0 Å². The summed E-state index contributed by atoms with van der Waals surface area (Å²) in [5, 5.41) is 203. The fourth-order valence-corrected chi connectivity index (χ4v) is 7.83. The van der Waals surface area contributed by atoms with E-state index in [1.165, 1.54) is 6.92 Å². The molecule has 0 aromatic heterocycles. The van der Waals surface area contributed by atoms with Crippen molar-refractivity contribution in [1.82, 2.24) is 26.6 Å². The fraction of sp³-hybridized carbons (Fsp3) is 0.717. The van der Waals surface area contributed by atoms with Crippen molar-refractivity contribution in [2.45, 2.75) is 178 Å². The Morgan fingerprint density at radius 1 is 0.494 bits per heavy atom. The lowest BCUT2D eigenvalue weighted by Gasteiger charge is -2.45. The highest BCUT2D eigenvalue weighted by atomic mass is 16.7. The van der Waals surface area contributed by atoms with Crippen LogP contribution in [0.1, 0.15) is 67.2 Å². The van der Waals surface area contributed by atoms with E-state index >= 15 is 0 Å². The van der Waals surface area contributed by atoms with Gasteiger partial charge in [0.1, 0.15) is 107 Å². The molecule has 2 saturated heterocycles. The number of nitrogens with one attached hydrogen (secondary N) is 5. The molecule has 2 aliphatic heterocycles. The zero-order chi connectivity index (χ0) is 61.7. The van der Waals surface area contributed by atoms with E-state index in [4.69, 9.17) is 33.2 Å². The van der Waals surface area contributed by atoms with E-state index in [9.17, 15) is 116 Å². The zero-order valence-electron chi connectivity index (χ0n) is 44.7. The van der Waals surface area contributed by atoms with E-state index in [0.717, 1.165) is 34.6 Å². The van der Waals surface area contributed by atoms with Crippen molar-refractivity contribution in [1.29, 1.82) is 0 Å². The molecule has 5 amide bonds. The number of carbonyl (C=O) groups excluding carboxylic acids is 5. The predicted molar refractivity (Wildman–Crippen MR) is 263 cm³/mol. The van der Waals surface area contributed by atoms with Gasteiger partial charge in [0.2, 0.25) is 42.1 Å². The summed E-state index contributed by atoms with van der Waals surface area (Å²) in [4.78, 5) is 61.6. The third kappa shape index (κ3) is 21.0. The van der Waals surface area contributed by atoms with Gasteiger partial charge in [-0.25, -0.2) is 0 Å². The van der Waals surface area contributed by atoms with Gasteiger partial charge in [-0.05, 0) is 6.42 Å². The molecule has 2 heterocycles. The number of amides is 5. The topological polar surface area (TPSA) is 574 Å². The van der Waals surface area contributed by atoms with E-state index in [1.807, 2.05) is 10.6 Å². The normalized spacial score (nSPS) is 27.4. The number of rotatable bonds is 32. The Kier molecular flexibility index (Phi) is 30.2. The summed E-state index contributed by atoms with van der Waals surface area (Å²) in [5.74, 6) is -10.8. The number of carbonyl (C=O) groups is 5. The second-order valence-corrected chi connectivity index (χ2v) is 18.1. The third-order valence-electron chi connectivity index (χ3n) is 11.7. The minimum Gasteiger partial charge on any atom is -0.508 e. The van der Waals surface area contributed by atoms with Crippen LogP contribution < -0.4 is 26.6 Å². The molecular weight excluding hydrogens is 1100 g/mol. The van der Waals surface area contributed by atoms with Crippen molar-refractivity contribution < 1.29 is 149 Å². The summed E-state index contributed by atoms with van der Waals surface area (Å²) in [6, 6.07) is -3.60. The first-order valence-corrected chi connectivity index (χ1v) is 24.8. The maximum atomic E-state index is 12.6. The van der Waals surface area contributed by atoms with Crippen molar-refractivity contribution in [3.05, 3.63) is 45.9 Å². The predicted octanol–water partition coefficient (Wildman–Crippen LogP) is -7.69. The highest BCUT2D eigenvalue weighted by Gasteiger charge is 2.50. The van der Waals surface area contributed by atoms with Gasteiger partial charge in [0, 0.05) is 73.7 Å². The number of ether oxygens (including phenoxy) is 7. The van der Waals surface area contributed by atoms with Crippen LogP contribution in [0.25, 0.3) is 0 Å². The standard InChI is InChI=1S/C46H77N5O30/c1-7-21(61)33(64)38(69)45(74)75-15-26-40(36(67)30(42(71)77-26)50-19(5)59)81-44(73)29(49-18(4)58)34(65)23(9-12-53)76-41(70)28(48-17(3)57)35(66)24(10-13-54)78-46-31(51-20(6)60)37(68)39(25(14-55)79-46)80-43(72)27(47-16(2)56)32(63)22(62)8-11-52/h21-26,30-31,36-37,39-46,52-55,61-74H,7-15H2,1-6H3,(H,47,56)(H,48,57)(H,49,58)(H,50,59)(H,51,60)/b32-27-,34-29-,35-28+,38-33-. The molecule has 466 valence electrons. The molecule has 0 radical (unpaired) electrons. The molecule has 0 aromatic rings. The summed E-state index contributed by atoms with van der Waals surface area (Å²) >= 11 is 0. The van der Waals surface area contributed by atoms with Crippen LogP contribution in [0.15, 0.2) is 45.9 Å². The summed E-state index contributed by atoms with van der Waals surface area (Å²) < 4.78 is 38.8. The van der Waals surface area contributed by atoms with Crippen LogP contribution in [0, 0.1) is 0 Å². The molecule has 0 aliphatic carbocycles.